The average Bonchev–Trinajstić information content (AvgIpc) is 2.82. The molecule has 1 amide bonds. The molecule has 0 spiro atoms. The largest absolute Gasteiger partial charge is 0.457 e. The normalized spacial score (nSPS) is 19.8. The Morgan fingerprint density at radius 2 is 2.50 bits per heavy atom. The van der Waals surface area contributed by atoms with Gasteiger partial charge in [0.2, 0.25) is 0 Å². The minimum atomic E-state index is 0.0451. The number of hydrogen-bond donors (Lipinski definition) is 1. The summed E-state index contributed by atoms with van der Waals surface area (Å²) in [5, 5.41) is 3.38. The van der Waals surface area contributed by atoms with Crippen LogP contribution >= 0.6 is 15.9 Å². The fourth-order valence-corrected chi connectivity index (χ4v) is 2.77. The standard InChI is InChI=1S/C13H19BrN2O2/c1-2-16(9-10-4-3-6-15-8-10)13(17)11-5-7-18-12(11)14/h5,7,10,15H,2-4,6,8-9H2,1H3. The van der Waals surface area contributed by atoms with Gasteiger partial charge in [-0.05, 0) is 60.8 Å². The van der Waals surface area contributed by atoms with Gasteiger partial charge in [-0.1, -0.05) is 0 Å². The number of carbonyl (C=O) groups excluding carboxylic acids is 1. The summed E-state index contributed by atoms with van der Waals surface area (Å²) in [6.07, 6.45) is 3.93. The van der Waals surface area contributed by atoms with Crippen LogP contribution in [0.15, 0.2) is 21.4 Å². The highest BCUT2D eigenvalue weighted by Crippen LogP contribution is 2.20. The van der Waals surface area contributed by atoms with E-state index in [1.54, 1.807) is 6.07 Å². The lowest BCUT2D eigenvalue weighted by molar-refractivity contribution is 0.0727. The first-order valence-electron chi connectivity index (χ1n) is 6.45. The third kappa shape index (κ3) is 3.14. The van der Waals surface area contributed by atoms with Crippen LogP contribution < -0.4 is 5.32 Å². The van der Waals surface area contributed by atoms with Crippen molar-refractivity contribution >= 4 is 21.8 Å². The molecule has 18 heavy (non-hydrogen) atoms. The number of amides is 1. The second-order valence-corrected chi connectivity index (χ2v) is 5.38. The molecule has 1 fully saturated rings. The Morgan fingerprint density at radius 1 is 1.67 bits per heavy atom. The van der Waals surface area contributed by atoms with Gasteiger partial charge in [-0.3, -0.25) is 4.79 Å². The van der Waals surface area contributed by atoms with Crippen LogP contribution in [0.25, 0.3) is 0 Å². The van der Waals surface area contributed by atoms with E-state index in [0.29, 0.717) is 16.2 Å². The molecular formula is C13H19BrN2O2. The van der Waals surface area contributed by atoms with Crippen molar-refractivity contribution in [1.29, 1.82) is 0 Å². The molecule has 1 aromatic heterocycles. The summed E-state index contributed by atoms with van der Waals surface area (Å²) in [5.41, 5.74) is 0.612. The number of rotatable bonds is 4. The summed E-state index contributed by atoms with van der Waals surface area (Å²) >= 11 is 3.26. The zero-order chi connectivity index (χ0) is 13.0. The van der Waals surface area contributed by atoms with Gasteiger partial charge in [-0.15, -0.1) is 0 Å². The number of nitrogens with one attached hydrogen (secondary N) is 1. The maximum atomic E-state index is 12.3. The van der Waals surface area contributed by atoms with Crippen molar-refractivity contribution < 1.29 is 9.21 Å². The van der Waals surface area contributed by atoms with Gasteiger partial charge in [0.25, 0.3) is 5.91 Å². The van der Waals surface area contributed by atoms with Gasteiger partial charge in [-0.2, -0.15) is 0 Å². The Balaban J connectivity index is 1.99. The monoisotopic (exact) mass is 314 g/mol. The van der Waals surface area contributed by atoms with Gasteiger partial charge in [0, 0.05) is 13.1 Å². The molecule has 100 valence electrons. The molecule has 2 rings (SSSR count). The molecule has 1 aliphatic rings. The lowest BCUT2D eigenvalue weighted by Gasteiger charge is -2.29. The highest BCUT2D eigenvalue weighted by molar-refractivity contribution is 9.10. The molecule has 1 atom stereocenters. The van der Waals surface area contributed by atoms with E-state index in [1.807, 2.05) is 11.8 Å². The van der Waals surface area contributed by atoms with Crippen molar-refractivity contribution in [3.05, 3.63) is 22.6 Å². The smallest absolute Gasteiger partial charge is 0.258 e. The molecular weight excluding hydrogens is 296 g/mol. The van der Waals surface area contributed by atoms with E-state index in [-0.39, 0.29) is 5.91 Å². The van der Waals surface area contributed by atoms with Gasteiger partial charge in [0.05, 0.1) is 11.8 Å². The quantitative estimate of drug-likeness (QED) is 0.928. The highest BCUT2D eigenvalue weighted by atomic mass is 79.9. The zero-order valence-corrected chi connectivity index (χ0v) is 12.2. The minimum absolute atomic E-state index is 0.0451. The van der Waals surface area contributed by atoms with Crippen LogP contribution in [0, 0.1) is 5.92 Å². The van der Waals surface area contributed by atoms with Crippen LogP contribution in [-0.4, -0.2) is 37.0 Å². The van der Waals surface area contributed by atoms with Crippen LogP contribution in [0.5, 0.6) is 0 Å². The van der Waals surface area contributed by atoms with Crippen LogP contribution in [-0.2, 0) is 0 Å². The van der Waals surface area contributed by atoms with E-state index >= 15 is 0 Å². The molecule has 1 aliphatic heterocycles. The van der Waals surface area contributed by atoms with Crippen molar-refractivity contribution in [2.24, 2.45) is 5.92 Å². The van der Waals surface area contributed by atoms with Crippen molar-refractivity contribution in [3.63, 3.8) is 0 Å². The van der Waals surface area contributed by atoms with E-state index in [4.69, 9.17) is 4.42 Å². The molecule has 1 saturated heterocycles. The van der Waals surface area contributed by atoms with Crippen LogP contribution in [0.4, 0.5) is 0 Å². The molecule has 4 nitrogen and oxygen atoms in total. The highest BCUT2D eigenvalue weighted by Gasteiger charge is 2.22. The van der Waals surface area contributed by atoms with E-state index in [9.17, 15) is 4.79 Å². The molecule has 0 saturated carbocycles. The summed E-state index contributed by atoms with van der Waals surface area (Å²) in [7, 11) is 0. The summed E-state index contributed by atoms with van der Waals surface area (Å²) in [5.74, 6) is 0.608. The van der Waals surface area contributed by atoms with Gasteiger partial charge >= 0.3 is 0 Å². The first kappa shape index (κ1) is 13.6. The number of piperidine rings is 1. The Labute approximate surface area is 116 Å². The Morgan fingerprint density at radius 3 is 3.06 bits per heavy atom. The molecule has 0 aliphatic carbocycles. The number of furan rings is 1. The van der Waals surface area contributed by atoms with E-state index in [1.165, 1.54) is 19.1 Å². The van der Waals surface area contributed by atoms with Crippen LogP contribution in [0.1, 0.15) is 30.1 Å². The third-order valence-corrected chi connectivity index (χ3v) is 4.01. The first-order chi connectivity index (χ1) is 8.72. The second-order valence-electron chi connectivity index (χ2n) is 4.66. The Bertz CT molecular complexity index is 399. The zero-order valence-electron chi connectivity index (χ0n) is 10.6. The Kier molecular flexibility index (Phi) is 4.83. The third-order valence-electron chi connectivity index (χ3n) is 3.39. The summed E-state index contributed by atoms with van der Waals surface area (Å²) in [4.78, 5) is 14.2. The van der Waals surface area contributed by atoms with Crippen molar-refractivity contribution in [2.45, 2.75) is 19.8 Å². The van der Waals surface area contributed by atoms with Crippen molar-refractivity contribution in [1.82, 2.24) is 10.2 Å². The Hall–Kier alpha value is -0.810. The maximum Gasteiger partial charge on any atom is 0.258 e. The van der Waals surface area contributed by atoms with Gasteiger partial charge in [-0.25, -0.2) is 0 Å². The minimum Gasteiger partial charge on any atom is -0.457 e. The van der Waals surface area contributed by atoms with E-state index < -0.39 is 0 Å². The first-order valence-corrected chi connectivity index (χ1v) is 7.24. The lowest BCUT2D eigenvalue weighted by Crippen LogP contribution is -2.41. The second kappa shape index (κ2) is 6.38. The molecule has 0 bridgehead atoms. The van der Waals surface area contributed by atoms with Crippen LogP contribution in [0.2, 0.25) is 0 Å². The molecule has 1 aromatic rings. The van der Waals surface area contributed by atoms with Crippen molar-refractivity contribution in [3.8, 4) is 0 Å². The topological polar surface area (TPSA) is 45.5 Å². The van der Waals surface area contributed by atoms with E-state index in [0.717, 1.165) is 26.2 Å². The van der Waals surface area contributed by atoms with Crippen molar-refractivity contribution in [2.75, 3.05) is 26.2 Å². The predicted molar refractivity (Wildman–Crippen MR) is 73.6 cm³/mol. The molecule has 2 heterocycles. The number of halogens is 1. The molecule has 1 unspecified atom stereocenters. The fraction of sp³-hybridized carbons (Fsp3) is 0.615. The summed E-state index contributed by atoms with van der Waals surface area (Å²) < 4.78 is 5.65. The fourth-order valence-electron chi connectivity index (χ4n) is 2.36. The van der Waals surface area contributed by atoms with E-state index in [2.05, 4.69) is 21.2 Å². The molecule has 0 radical (unpaired) electrons. The lowest BCUT2D eigenvalue weighted by atomic mass is 9.99. The van der Waals surface area contributed by atoms with Gasteiger partial charge in [0.15, 0.2) is 4.67 Å². The average molecular weight is 315 g/mol. The molecule has 0 aromatic carbocycles. The predicted octanol–water partition coefficient (Wildman–Crippen LogP) is 2.50. The SMILES string of the molecule is CCN(CC1CCCNC1)C(=O)c1ccoc1Br. The summed E-state index contributed by atoms with van der Waals surface area (Å²) in [6.45, 7) is 5.68. The number of nitrogens with zero attached hydrogens (tertiary/aromatic N) is 1. The summed E-state index contributed by atoms with van der Waals surface area (Å²) in [6, 6.07) is 1.72. The molecule has 5 heteroatoms. The number of carbonyl (C=O) groups is 1. The molecule has 1 N–H and O–H groups in total. The number of hydrogen-bond acceptors (Lipinski definition) is 3. The van der Waals surface area contributed by atoms with Gasteiger partial charge < -0.3 is 14.6 Å². The maximum absolute atomic E-state index is 12.3. The van der Waals surface area contributed by atoms with Crippen LogP contribution in [0.3, 0.4) is 0 Å². The van der Waals surface area contributed by atoms with Gasteiger partial charge in [0.1, 0.15) is 0 Å².